The monoisotopic (exact) mass is 331 g/mol. The summed E-state index contributed by atoms with van der Waals surface area (Å²) in [6.45, 7) is 0. The number of hydrogen-bond acceptors (Lipinski definition) is 3. The number of anilines is 1. The molecule has 0 aliphatic rings. The molecule has 0 aliphatic heterocycles. The number of fused-ring (bicyclic) bond motifs is 1. The minimum absolute atomic E-state index is 1.54. The fourth-order valence-electron chi connectivity index (χ4n) is 1.74. The largest absolute Gasteiger partial charge is 0.394 e. The number of rotatable bonds is 1. The maximum Gasteiger partial charge on any atom is 0.300 e. The Kier molecular flexibility index (Phi) is 3.29. The van der Waals surface area contributed by atoms with Crippen LogP contribution in [0, 0.1) is 34.9 Å². The van der Waals surface area contributed by atoms with Gasteiger partial charge in [-0.25, -0.2) is 26.3 Å². The quantitative estimate of drug-likeness (QED) is 0.364. The van der Waals surface area contributed by atoms with Gasteiger partial charge in [0.15, 0.2) is 39.8 Å². The molecule has 2 aromatic rings. The summed E-state index contributed by atoms with van der Waals surface area (Å²) in [5.41, 5.74) is 3.23. The maximum absolute atomic E-state index is 13.8. The van der Waals surface area contributed by atoms with E-state index in [2.05, 4.69) is 0 Å². The van der Waals surface area contributed by atoms with Crippen LogP contribution in [0.4, 0.5) is 32.0 Å². The highest BCUT2D eigenvalue weighted by molar-refractivity contribution is 7.85. The number of benzene rings is 2. The minimum atomic E-state index is -5.66. The van der Waals surface area contributed by atoms with Crippen LogP contribution in [0.5, 0.6) is 0 Å². The van der Waals surface area contributed by atoms with E-state index in [0.717, 1.165) is 0 Å². The van der Waals surface area contributed by atoms with Gasteiger partial charge in [-0.15, -0.1) is 0 Å². The topological polar surface area (TPSA) is 80.4 Å². The first-order chi connectivity index (χ1) is 9.50. The van der Waals surface area contributed by atoms with Crippen molar-refractivity contribution >= 4 is 26.6 Å². The lowest BCUT2D eigenvalue weighted by molar-refractivity contribution is 0.433. The smallest absolute Gasteiger partial charge is 0.300 e. The van der Waals surface area contributed by atoms with Crippen molar-refractivity contribution in [2.45, 2.75) is 4.90 Å². The van der Waals surface area contributed by atoms with Gasteiger partial charge in [-0.1, -0.05) is 0 Å². The Morgan fingerprint density at radius 1 is 0.714 bits per heavy atom. The fourth-order valence-corrected chi connectivity index (χ4v) is 2.38. The van der Waals surface area contributed by atoms with Crippen molar-refractivity contribution in [3.8, 4) is 0 Å². The fraction of sp³-hybridized carbons (Fsp3) is 0. The molecule has 3 N–H and O–H groups in total. The highest BCUT2D eigenvalue weighted by atomic mass is 32.2. The van der Waals surface area contributed by atoms with Crippen LogP contribution in [0.3, 0.4) is 0 Å². The lowest BCUT2D eigenvalue weighted by atomic mass is 10.1. The number of nitrogen functional groups attached to an aromatic ring is 1. The van der Waals surface area contributed by atoms with Crippen molar-refractivity contribution < 1.29 is 39.3 Å². The van der Waals surface area contributed by atoms with E-state index in [0.29, 0.717) is 0 Å². The molecule has 0 fully saturated rings. The van der Waals surface area contributed by atoms with Crippen LogP contribution in [-0.4, -0.2) is 13.0 Å². The molecule has 11 heteroatoms. The molecule has 0 aliphatic carbocycles. The van der Waals surface area contributed by atoms with Crippen LogP contribution in [0.1, 0.15) is 0 Å². The van der Waals surface area contributed by atoms with Gasteiger partial charge >= 0.3 is 10.1 Å². The van der Waals surface area contributed by atoms with Gasteiger partial charge in [0, 0.05) is 0 Å². The Balaban J connectivity index is 3.27. The normalized spacial score (nSPS) is 12.1. The van der Waals surface area contributed by atoms with Crippen molar-refractivity contribution in [1.29, 1.82) is 0 Å². The summed E-state index contributed by atoms with van der Waals surface area (Å²) in [5, 5.41) is -3.54. The molecule has 21 heavy (non-hydrogen) atoms. The molecule has 0 bridgehead atoms. The van der Waals surface area contributed by atoms with Crippen molar-refractivity contribution in [1.82, 2.24) is 0 Å². The van der Waals surface area contributed by atoms with E-state index in [4.69, 9.17) is 10.3 Å². The van der Waals surface area contributed by atoms with Gasteiger partial charge in [0.25, 0.3) is 0 Å². The van der Waals surface area contributed by atoms with Gasteiger partial charge in [0.2, 0.25) is 0 Å². The number of nitrogens with two attached hydrogens (primary N) is 1. The van der Waals surface area contributed by atoms with Crippen LogP contribution in [0.15, 0.2) is 4.90 Å². The standard InChI is InChI=1S/C10H3F6NO3S/c11-3-2-1(5(13)9(17)7(3)15)4(12)8(16)10(6(2)14)21(18,19)20/h17H2,(H,18,19,20). The summed E-state index contributed by atoms with van der Waals surface area (Å²) < 4.78 is 111. The van der Waals surface area contributed by atoms with Crippen molar-refractivity contribution in [2.75, 3.05) is 5.73 Å². The third-order valence-electron chi connectivity index (χ3n) is 2.64. The van der Waals surface area contributed by atoms with E-state index in [-0.39, 0.29) is 0 Å². The Labute approximate surface area is 112 Å². The van der Waals surface area contributed by atoms with Gasteiger partial charge < -0.3 is 5.73 Å². The second kappa shape index (κ2) is 4.49. The second-order valence-corrected chi connectivity index (χ2v) is 5.21. The number of halogens is 6. The van der Waals surface area contributed by atoms with Gasteiger partial charge in [-0.3, -0.25) is 4.55 Å². The molecule has 4 nitrogen and oxygen atoms in total. The van der Waals surface area contributed by atoms with Crippen LogP contribution in [0.25, 0.3) is 10.8 Å². The first kappa shape index (κ1) is 15.4. The molecular weight excluding hydrogens is 328 g/mol. The molecule has 114 valence electrons. The van der Waals surface area contributed by atoms with Gasteiger partial charge in [-0.2, -0.15) is 8.42 Å². The third-order valence-corrected chi connectivity index (χ3v) is 3.52. The highest BCUT2D eigenvalue weighted by Gasteiger charge is 2.33. The van der Waals surface area contributed by atoms with E-state index < -0.39 is 66.4 Å². The van der Waals surface area contributed by atoms with E-state index in [1.165, 1.54) is 0 Å². The minimum Gasteiger partial charge on any atom is -0.394 e. The van der Waals surface area contributed by atoms with Crippen LogP contribution in [-0.2, 0) is 10.1 Å². The average Bonchev–Trinajstić information content (AvgIpc) is 2.36. The summed E-state index contributed by atoms with van der Waals surface area (Å²) in [6, 6.07) is 0. The third kappa shape index (κ3) is 2.00. The molecule has 0 amide bonds. The Bertz CT molecular complexity index is 896. The summed E-state index contributed by atoms with van der Waals surface area (Å²) in [5.74, 6) is -13.6. The van der Waals surface area contributed by atoms with Gasteiger partial charge in [0.05, 0.1) is 10.8 Å². The molecule has 2 rings (SSSR count). The average molecular weight is 331 g/mol. The summed E-state index contributed by atoms with van der Waals surface area (Å²) in [4.78, 5) is -2.27. The zero-order valence-electron chi connectivity index (χ0n) is 9.52. The summed E-state index contributed by atoms with van der Waals surface area (Å²) in [6.07, 6.45) is 0. The molecule has 0 radical (unpaired) electrons. The van der Waals surface area contributed by atoms with Crippen molar-refractivity contribution in [2.24, 2.45) is 0 Å². The predicted octanol–water partition coefficient (Wildman–Crippen LogP) is 2.50. The van der Waals surface area contributed by atoms with E-state index in [1.54, 1.807) is 0 Å². The Morgan fingerprint density at radius 2 is 1.14 bits per heavy atom. The predicted molar refractivity (Wildman–Crippen MR) is 57.9 cm³/mol. The van der Waals surface area contributed by atoms with Crippen molar-refractivity contribution in [3.05, 3.63) is 34.9 Å². The molecule has 0 spiro atoms. The number of hydrogen-bond donors (Lipinski definition) is 2. The molecule has 0 atom stereocenters. The molecule has 0 heterocycles. The zero-order valence-corrected chi connectivity index (χ0v) is 10.3. The zero-order chi connectivity index (χ0) is 16.3. The molecule has 0 saturated carbocycles. The van der Waals surface area contributed by atoms with E-state index in [9.17, 15) is 34.8 Å². The Morgan fingerprint density at radius 3 is 1.62 bits per heavy atom. The second-order valence-electron chi connectivity index (χ2n) is 3.85. The van der Waals surface area contributed by atoms with Crippen LogP contribution < -0.4 is 5.73 Å². The van der Waals surface area contributed by atoms with Crippen molar-refractivity contribution in [3.63, 3.8) is 0 Å². The molecule has 2 aromatic carbocycles. The lowest BCUT2D eigenvalue weighted by Gasteiger charge is -2.11. The van der Waals surface area contributed by atoms with Gasteiger partial charge in [-0.05, 0) is 0 Å². The maximum atomic E-state index is 13.8. The molecule has 0 aromatic heterocycles. The Hall–Kier alpha value is -2.01. The van der Waals surface area contributed by atoms with E-state index in [1.807, 2.05) is 0 Å². The molecule has 0 unspecified atom stereocenters. The van der Waals surface area contributed by atoms with Gasteiger partial charge in [0.1, 0.15) is 5.69 Å². The lowest BCUT2D eigenvalue weighted by Crippen LogP contribution is -2.11. The highest BCUT2D eigenvalue weighted by Crippen LogP contribution is 2.37. The first-order valence-corrected chi connectivity index (χ1v) is 6.33. The SMILES string of the molecule is Nc1c(F)c(F)c2c(F)c(S(=O)(=O)O)c(F)c(F)c2c1F. The summed E-state index contributed by atoms with van der Waals surface area (Å²) in [7, 11) is -5.66. The summed E-state index contributed by atoms with van der Waals surface area (Å²) >= 11 is 0. The molecule has 0 saturated heterocycles. The first-order valence-electron chi connectivity index (χ1n) is 4.89. The van der Waals surface area contributed by atoms with E-state index >= 15 is 0 Å². The van der Waals surface area contributed by atoms with Crippen LogP contribution in [0.2, 0.25) is 0 Å². The van der Waals surface area contributed by atoms with Crippen LogP contribution >= 0.6 is 0 Å². The molecular formula is C10H3F6NO3S.